The number of nitrogens with zero attached hydrogens (tertiary/aromatic N) is 2. The Hall–Kier alpha value is -0.840. The molecule has 0 saturated carbocycles. The van der Waals surface area contributed by atoms with Crippen LogP contribution in [0.1, 0.15) is 18.7 Å². The van der Waals surface area contributed by atoms with Gasteiger partial charge in [0.1, 0.15) is 5.76 Å². The standard InChI is InChI=1S/C13H23N3O/c1-12(13-4-3-11-17-13)14-5-6-16-9-7-15(2)8-10-16/h3-4,11-12,14H,5-10H2,1-2H3/t12-/m0/s1. The molecule has 0 aromatic carbocycles. The van der Waals surface area contributed by atoms with E-state index in [2.05, 4.69) is 29.1 Å². The van der Waals surface area contributed by atoms with Crippen molar-refractivity contribution in [1.29, 1.82) is 0 Å². The van der Waals surface area contributed by atoms with Gasteiger partial charge in [-0.2, -0.15) is 0 Å². The normalized spacial score (nSPS) is 20.6. The Morgan fingerprint density at radius 3 is 2.76 bits per heavy atom. The van der Waals surface area contributed by atoms with Crippen molar-refractivity contribution in [3.63, 3.8) is 0 Å². The van der Waals surface area contributed by atoms with Gasteiger partial charge in [0, 0.05) is 39.3 Å². The highest BCUT2D eigenvalue weighted by molar-refractivity contribution is 5.02. The molecule has 1 aromatic heterocycles. The van der Waals surface area contributed by atoms with E-state index in [0.717, 1.165) is 18.8 Å². The third kappa shape index (κ3) is 3.84. The van der Waals surface area contributed by atoms with Gasteiger partial charge in [0.25, 0.3) is 0 Å². The van der Waals surface area contributed by atoms with Gasteiger partial charge < -0.3 is 14.6 Å². The quantitative estimate of drug-likeness (QED) is 0.833. The van der Waals surface area contributed by atoms with E-state index in [1.54, 1.807) is 6.26 Å². The average Bonchev–Trinajstić information content (AvgIpc) is 2.85. The molecular weight excluding hydrogens is 214 g/mol. The minimum Gasteiger partial charge on any atom is -0.468 e. The van der Waals surface area contributed by atoms with Crippen molar-refractivity contribution in [3.8, 4) is 0 Å². The molecule has 4 nitrogen and oxygen atoms in total. The van der Waals surface area contributed by atoms with Crippen molar-refractivity contribution in [2.45, 2.75) is 13.0 Å². The summed E-state index contributed by atoms with van der Waals surface area (Å²) >= 11 is 0. The maximum atomic E-state index is 5.37. The summed E-state index contributed by atoms with van der Waals surface area (Å²) in [5.74, 6) is 1.02. The van der Waals surface area contributed by atoms with E-state index in [1.165, 1.54) is 26.2 Å². The monoisotopic (exact) mass is 237 g/mol. The van der Waals surface area contributed by atoms with Crippen LogP contribution in [0.25, 0.3) is 0 Å². The Kier molecular flexibility index (Phi) is 4.59. The Labute approximate surface area is 104 Å². The molecule has 0 unspecified atom stereocenters. The van der Waals surface area contributed by atoms with E-state index in [4.69, 9.17) is 4.42 Å². The van der Waals surface area contributed by atoms with Crippen LogP contribution in [-0.2, 0) is 0 Å². The zero-order valence-electron chi connectivity index (χ0n) is 10.9. The average molecular weight is 237 g/mol. The molecule has 1 saturated heterocycles. The number of rotatable bonds is 5. The number of furan rings is 1. The molecule has 1 N–H and O–H groups in total. The molecule has 2 rings (SSSR count). The second kappa shape index (κ2) is 6.19. The van der Waals surface area contributed by atoms with Crippen molar-refractivity contribution >= 4 is 0 Å². The molecule has 1 aromatic rings. The van der Waals surface area contributed by atoms with Gasteiger partial charge in [-0.05, 0) is 26.1 Å². The van der Waals surface area contributed by atoms with Crippen LogP contribution < -0.4 is 5.32 Å². The Morgan fingerprint density at radius 2 is 2.12 bits per heavy atom. The van der Waals surface area contributed by atoms with E-state index in [0.29, 0.717) is 6.04 Å². The largest absolute Gasteiger partial charge is 0.468 e. The van der Waals surface area contributed by atoms with Gasteiger partial charge in [-0.3, -0.25) is 4.90 Å². The fraction of sp³-hybridized carbons (Fsp3) is 0.692. The first-order valence-electron chi connectivity index (χ1n) is 6.43. The molecule has 0 aliphatic carbocycles. The van der Waals surface area contributed by atoms with Gasteiger partial charge in [0.15, 0.2) is 0 Å². The molecule has 1 aliphatic rings. The molecule has 0 amide bonds. The fourth-order valence-electron chi connectivity index (χ4n) is 2.15. The number of nitrogens with one attached hydrogen (secondary N) is 1. The van der Waals surface area contributed by atoms with Crippen LogP contribution >= 0.6 is 0 Å². The zero-order valence-corrected chi connectivity index (χ0v) is 10.9. The van der Waals surface area contributed by atoms with E-state index in [-0.39, 0.29) is 0 Å². The number of piperazine rings is 1. The molecule has 96 valence electrons. The van der Waals surface area contributed by atoms with Crippen molar-refractivity contribution in [2.75, 3.05) is 46.3 Å². The lowest BCUT2D eigenvalue weighted by Crippen LogP contribution is -2.46. The van der Waals surface area contributed by atoms with E-state index in [1.807, 2.05) is 12.1 Å². The first-order valence-corrected chi connectivity index (χ1v) is 6.43. The molecule has 0 radical (unpaired) electrons. The SMILES string of the molecule is C[C@H](NCCN1CCN(C)CC1)c1ccco1. The van der Waals surface area contributed by atoms with E-state index >= 15 is 0 Å². The highest BCUT2D eigenvalue weighted by Gasteiger charge is 2.13. The number of hydrogen-bond acceptors (Lipinski definition) is 4. The maximum Gasteiger partial charge on any atom is 0.120 e. The molecule has 1 aliphatic heterocycles. The highest BCUT2D eigenvalue weighted by Crippen LogP contribution is 2.11. The zero-order chi connectivity index (χ0) is 12.1. The molecule has 1 fully saturated rings. The van der Waals surface area contributed by atoms with Crippen molar-refractivity contribution in [1.82, 2.24) is 15.1 Å². The summed E-state index contributed by atoms with van der Waals surface area (Å²) < 4.78 is 5.37. The lowest BCUT2D eigenvalue weighted by atomic mass is 10.2. The summed E-state index contributed by atoms with van der Waals surface area (Å²) in [7, 11) is 2.19. The molecule has 4 heteroatoms. The topological polar surface area (TPSA) is 31.6 Å². The Bertz CT molecular complexity index is 304. The molecule has 0 spiro atoms. The predicted octanol–water partition coefficient (Wildman–Crippen LogP) is 1.18. The fourth-order valence-corrected chi connectivity index (χ4v) is 2.15. The van der Waals surface area contributed by atoms with Crippen LogP contribution in [0.5, 0.6) is 0 Å². The summed E-state index contributed by atoms with van der Waals surface area (Å²) in [6.07, 6.45) is 1.73. The lowest BCUT2D eigenvalue weighted by Gasteiger charge is -2.32. The third-order valence-corrected chi connectivity index (χ3v) is 3.44. The smallest absolute Gasteiger partial charge is 0.120 e. The van der Waals surface area contributed by atoms with Crippen LogP contribution in [0.2, 0.25) is 0 Å². The Morgan fingerprint density at radius 1 is 1.35 bits per heavy atom. The molecular formula is C13H23N3O. The second-order valence-corrected chi connectivity index (χ2v) is 4.84. The lowest BCUT2D eigenvalue weighted by molar-refractivity contribution is 0.153. The molecule has 1 atom stereocenters. The minimum atomic E-state index is 0.303. The predicted molar refractivity (Wildman–Crippen MR) is 69.1 cm³/mol. The Balaban J connectivity index is 1.63. The van der Waals surface area contributed by atoms with Gasteiger partial charge in [-0.15, -0.1) is 0 Å². The first kappa shape index (κ1) is 12.6. The molecule has 0 bridgehead atoms. The number of likely N-dealkylation sites (N-methyl/N-ethyl adjacent to an activating group) is 1. The molecule has 17 heavy (non-hydrogen) atoms. The van der Waals surface area contributed by atoms with Gasteiger partial charge in [0.05, 0.1) is 12.3 Å². The van der Waals surface area contributed by atoms with Crippen molar-refractivity contribution in [2.24, 2.45) is 0 Å². The third-order valence-electron chi connectivity index (χ3n) is 3.44. The van der Waals surface area contributed by atoms with Crippen molar-refractivity contribution < 1.29 is 4.42 Å². The van der Waals surface area contributed by atoms with Gasteiger partial charge in [-0.25, -0.2) is 0 Å². The summed E-state index contributed by atoms with van der Waals surface area (Å²) in [5, 5.41) is 3.49. The first-order chi connectivity index (χ1) is 8.25. The maximum absolute atomic E-state index is 5.37. The van der Waals surface area contributed by atoms with Gasteiger partial charge in [0.2, 0.25) is 0 Å². The summed E-state index contributed by atoms with van der Waals surface area (Å²) in [6, 6.07) is 4.26. The minimum absolute atomic E-state index is 0.303. The van der Waals surface area contributed by atoms with Crippen molar-refractivity contribution in [3.05, 3.63) is 24.2 Å². The van der Waals surface area contributed by atoms with E-state index in [9.17, 15) is 0 Å². The van der Waals surface area contributed by atoms with Crippen LogP contribution in [0.15, 0.2) is 22.8 Å². The second-order valence-electron chi connectivity index (χ2n) is 4.84. The summed E-state index contributed by atoms with van der Waals surface area (Å²) in [5.41, 5.74) is 0. The van der Waals surface area contributed by atoms with Gasteiger partial charge >= 0.3 is 0 Å². The summed E-state index contributed by atoms with van der Waals surface area (Å²) in [4.78, 5) is 4.90. The molecule has 2 heterocycles. The van der Waals surface area contributed by atoms with Crippen LogP contribution in [0.4, 0.5) is 0 Å². The van der Waals surface area contributed by atoms with Crippen LogP contribution in [-0.4, -0.2) is 56.1 Å². The summed E-state index contributed by atoms with van der Waals surface area (Å²) in [6.45, 7) is 9.04. The highest BCUT2D eigenvalue weighted by atomic mass is 16.3. The van der Waals surface area contributed by atoms with Crippen LogP contribution in [0.3, 0.4) is 0 Å². The van der Waals surface area contributed by atoms with Gasteiger partial charge in [-0.1, -0.05) is 0 Å². The van der Waals surface area contributed by atoms with E-state index < -0.39 is 0 Å². The van der Waals surface area contributed by atoms with Crippen LogP contribution in [0, 0.1) is 0 Å². The number of hydrogen-bond donors (Lipinski definition) is 1.